The van der Waals surface area contributed by atoms with E-state index in [4.69, 9.17) is 18.0 Å². The minimum atomic E-state index is 0.514. The largest absolute Gasteiger partial charge is 0.383 e. The highest BCUT2D eigenvalue weighted by molar-refractivity contribution is 7.71. The summed E-state index contributed by atoms with van der Waals surface area (Å²) in [6.45, 7) is 4.78. The average molecular weight is 228 g/mol. The molecule has 1 rings (SSSR count). The van der Waals surface area contributed by atoms with Crippen LogP contribution in [0.2, 0.25) is 0 Å². The van der Waals surface area contributed by atoms with Crippen LogP contribution in [-0.4, -0.2) is 28.5 Å². The Hall–Kier alpha value is -0.940. The van der Waals surface area contributed by atoms with Crippen molar-refractivity contribution in [3.05, 3.63) is 16.5 Å². The fourth-order valence-corrected chi connectivity index (χ4v) is 1.22. The van der Waals surface area contributed by atoms with E-state index in [1.807, 2.05) is 46.1 Å². The first-order valence-corrected chi connectivity index (χ1v) is 5.38. The summed E-state index contributed by atoms with van der Waals surface area (Å²) in [6, 6.07) is 0. The van der Waals surface area contributed by atoms with Gasteiger partial charge in [0.05, 0.1) is 0 Å². The van der Waals surface area contributed by atoms with Crippen molar-refractivity contribution in [3.63, 3.8) is 0 Å². The Labute approximate surface area is 96.7 Å². The number of aromatic nitrogens is 2. The lowest BCUT2D eigenvalue weighted by molar-refractivity contribution is 0.401. The van der Waals surface area contributed by atoms with Gasteiger partial charge in [0.25, 0.3) is 0 Å². The molecule has 1 aromatic rings. The summed E-state index contributed by atoms with van der Waals surface area (Å²) in [5.74, 6) is 0.525. The fourth-order valence-electron chi connectivity index (χ4n) is 1.07. The number of nitrogens with two attached hydrogens (primary N) is 1. The van der Waals surface area contributed by atoms with Crippen LogP contribution in [-0.2, 0) is 13.6 Å². The summed E-state index contributed by atoms with van der Waals surface area (Å²) in [5.41, 5.74) is 6.72. The summed E-state index contributed by atoms with van der Waals surface area (Å²) in [5, 5.41) is 0. The molecule has 0 aromatic carbocycles. The smallest absolute Gasteiger partial charge is 0.201 e. The summed E-state index contributed by atoms with van der Waals surface area (Å²) in [7, 11) is 5.84. The summed E-state index contributed by atoms with van der Waals surface area (Å²) < 4.78 is 2.31. The van der Waals surface area contributed by atoms with E-state index in [9.17, 15) is 0 Å². The molecule has 0 bridgehead atoms. The molecule has 1 aromatic heterocycles. The first-order chi connectivity index (χ1) is 7.00. The van der Waals surface area contributed by atoms with Gasteiger partial charge in [-0.05, 0) is 26.3 Å². The fraction of sp³-hybridized carbons (Fsp3) is 0.600. The predicted molar refractivity (Wildman–Crippen MR) is 67.2 cm³/mol. The van der Waals surface area contributed by atoms with Gasteiger partial charge >= 0.3 is 0 Å². The van der Waals surface area contributed by atoms with E-state index in [0.29, 0.717) is 10.6 Å². The molecule has 1 heterocycles. The Balaban J connectivity index is 0.000000921. The highest BCUT2D eigenvalue weighted by Crippen LogP contribution is 2.08. The number of rotatable bonds is 2. The van der Waals surface area contributed by atoms with Gasteiger partial charge in [-0.2, -0.15) is 0 Å². The standard InChI is InChI=1S/C8H14N4S.C2H6/c1-11(2)4-6-5-12(3)8(13)10-7(6)9;1-2/h5H,4H2,1-3H3,(H2,9,10,13);1-2H3. The average Bonchev–Trinajstić information content (AvgIpc) is 2.17. The molecule has 5 heteroatoms. The van der Waals surface area contributed by atoms with E-state index in [-0.39, 0.29) is 0 Å². The molecule has 0 saturated carbocycles. The van der Waals surface area contributed by atoms with Crippen molar-refractivity contribution in [2.45, 2.75) is 20.4 Å². The monoisotopic (exact) mass is 228 g/mol. The van der Waals surface area contributed by atoms with Gasteiger partial charge in [-0.3, -0.25) is 0 Å². The van der Waals surface area contributed by atoms with Gasteiger partial charge in [-0.25, -0.2) is 4.98 Å². The summed E-state index contributed by atoms with van der Waals surface area (Å²) in [4.78, 5) is 6.09. The van der Waals surface area contributed by atoms with Gasteiger partial charge in [0.1, 0.15) is 5.82 Å². The van der Waals surface area contributed by atoms with E-state index in [1.165, 1.54) is 0 Å². The van der Waals surface area contributed by atoms with Crippen LogP contribution in [0.1, 0.15) is 19.4 Å². The molecule has 0 aliphatic carbocycles. The van der Waals surface area contributed by atoms with Crippen LogP contribution in [0, 0.1) is 4.77 Å². The SMILES string of the molecule is CC.CN(C)Cc1cn(C)c(=S)nc1N. The van der Waals surface area contributed by atoms with E-state index < -0.39 is 0 Å². The lowest BCUT2D eigenvalue weighted by Crippen LogP contribution is -2.14. The van der Waals surface area contributed by atoms with Crippen molar-refractivity contribution >= 4 is 18.0 Å². The Kier molecular flexibility index (Phi) is 6.12. The molecular formula is C10H20N4S. The van der Waals surface area contributed by atoms with Crippen molar-refractivity contribution in [2.75, 3.05) is 19.8 Å². The van der Waals surface area contributed by atoms with Crippen molar-refractivity contribution in [1.82, 2.24) is 14.5 Å². The molecule has 0 amide bonds. The number of aryl methyl sites for hydroxylation is 1. The first kappa shape index (κ1) is 14.1. The maximum Gasteiger partial charge on any atom is 0.201 e. The molecule has 2 N–H and O–H groups in total. The minimum absolute atomic E-state index is 0.514. The zero-order chi connectivity index (χ0) is 12.0. The Bertz CT molecular complexity index is 357. The van der Waals surface area contributed by atoms with Gasteiger partial charge < -0.3 is 15.2 Å². The van der Waals surface area contributed by atoms with Crippen LogP contribution >= 0.6 is 12.2 Å². The van der Waals surface area contributed by atoms with Crippen molar-refractivity contribution in [1.29, 1.82) is 0 Å². The van der Waals surface area contributed by atoms with E-state index in [0.717, 1.165) is 12.1 Å². The molecule has 0 radical (unpaired) electrons. The van der Waals surface area contributed by atoms with Crippen molar-refractivity contribution < 1.29 is 0 Å². The quantitative estimate of drug-likeness (QED) is 0.784. The lowest BCUT2D eigenvalue weighted by Gasteiger charge is -2.12. The third kappa shape index (κ3) is 4.40. The lowest BCUT2D eigenvalue weighted by atomic mass is 10.3. The zero-order valence-electron chi connectivity index (χ0n) is 10.1. The highest BCUT2D eigenvalue weighted by Gasteiger charge is 2.02. The van der Waals surface area contributed by atoms with E-state index in [2.05, 4.69) is 4.98 Å². The molecule has 0 saturated heterocycles. The number of nitrogens with zero attached hydrogens (tertiary/aromatic N) is 3. The van der Waals surface area contributed by atoms with Gasteiger partial charge in [-0.1, -0.05) is 13.8 Å². The van der Waals surface area contributed by atoms with Crippen LogP contribution in [0.25, 0.3) is 0 Å². The molecule has 0 spiro atoms. The Morgan fingerprint density at radius 1 is 1.47 bits per heavy atom. The Morgan fingerprint density at radius 2 is 2.00 bits per heavy atom. The summed E-state index contributed by atoms with van der Waals surface area (Å²) >= 11 is 4.97. The molecule has 4 nitrogen and oxygen atoms in total. The first-order valence-electron chi connectivity index (χ1n) is 4.97. The topological polar surface area (TPSA) is 47.1 Å². The molecule has 0 aliphatic heterocycles. The van der Waals surface area contributed by atoms with Crippen LogP contribution in [0.3, 0.4) is 0 Å². The van der Waals surface area contributed by atoms with Crippen LogP contribution in [0.5, 0.6) is 0 Å². The van der Waals surface area contributed by atoms with Gasteiger partial charge in [0.15, 0.2) is 0 Å². The normalized spacial score (nSPS) is 9.73. The second kappa shape index (κ2) is 6.53. The number of hydrogen-bond donors (Lipinski definition) is 1. The summed E-state index contributed by atoms with van der Waals surface area (Å²) in [6.07, 6.45) is 1.92. The molecule has 0 fully saturated rings. The molecule has 0 unspecified atom stereocenters. The van der Waals surface area contributed by atoms with Crippen LogP contribution < -0.4 is 5.73 Å². The number of anilines is 1. The second-order valence-corrected chi connectivity index (χ2v) is 3.65. The second-order valence-electron chi connectivity index (χ2n) is 3.28. The van der Waals surface area contributed by atoms with E-state index in [1.54, 1.807) is 4.57 Å². The predicted octanol–water partition coefficient (Wildman–Crippen LogP) is 1.82. The highest BCUT2D eigenvalue weighted by atomic mass is 32.1. The van der Waals surface area contributed by atoms with Crippen molar-refractivity contribution in [2.24, 2.45) is 7.05 Å². The number of hydrogen-bond acceptors (Lipinski definition) is 4. The zero-order valence-corrected chi connectivity index (χ0v) is 10.9. The van der Waals surface area contributed by atoms with Crippen LogP contribution in [0.4, 0.5) is 5.82 Å². The van der Waals surface area contributed by atoms with Gasteiger partial charge in [0, 0.05) is 25.4 Å². The third-order valence-electron chi connectivity index (χ3n) is 1.68. The molecular weight excluding hydrogens is 208 g/mol. The van der Waals surface area contributed by atoms with Crippen molar-refractivity contribution in [3.8, 4) is 0 Å². The molecule has 15 heavy (non-hydrogen) atoms. The van der Waals surface area contributed by atoms with Gasteiger partial charge in [-0.15, -0.1) is 0 Å². The molecule has 86 valence electrons. The number of nitrogen functional groups attached to an aromatic ring is 1. The molecule has 0 atom stereocenters. The third-order valence-corrected chi connectivity index (χ3v) is 2.06. The van der Waals surface area contributed by atoms with Crippen LogP contribution in [0.15, 0.2) is 6.20 Å². The van der Waals surface area contributed by atoms with E-state index >= 15 is 0 Å². The maximum absolute atomic E-state index is 5.72. The molecule has 0 aliphatic rings. The maximum atomic E-state index is 5.72. The Morgan fingerprint density at radius 3 is 2.47 bits per heavy atom. The van der Waals surface area contributed by atoms with Gasteiger partial charge in [0.2, 0.25) is 4.77 Å². The minimum Gasteiger partial charge on any atom is -0.383 e.